The quantitative estimate of drug-likeness (QED) is 0.634. The minimum atomic E-state index is 0.606. The lowest BCUT2D eigenvalue weighted by atomic mass is 9.94. The highest BCUT2D eigenvalue weighted by molar-refractivity contribution is 5.37. The minimum Gasteiger partial charge on any atom is -0.299 e. The maximum Gasteiger partial charge on any atom is 0.0348 e. The summed E-state index contributed by atoms with van der Waals surface area (Å²) in [6.45, 7) is 9.40. The van der Waals surface area contributed by atoms with Crippen LogP contribution >= 0.6 is 0 Å². The minimum absolute atomic E-state index is 0.606. The summed E-state index contributed by atoms with van der Waals surface area (Å²) in [6.07, 6.45) is 10.1. The molecule has 1 aliphatic rings. The molecule has 1 atom stereocenters. The third kappa shape index (κ3) is 2.82. The number of likely N-dealkylation sites (N-methyl/N-ethyl adjacent to an activating group) is 1. The van der Waals surface area contributed by atoms with E-state index in [4.69, 9.17) is 0 Å². The van der Waals surface area contributed by atoms with Crippen molar-refractivity contribution < 1.29 is 0 Å². The highest BCUT2D eigenvalue weighted by Gasteiger charge is 2.25. The van der Waals surface area contributed by atoms with Gasteiger partial charge in [0.25, 0.3) is 0 Å². The van der Waals surface area contributed by atoms with Gasteiger partial charge in [0, 0.05) is 6.04 Å². The number of likely N-dealkylation sites (tertiary alicyclic amines) is 1. The van der Waals surface area contributed by atoms with Gasteiger partial charge in [-0.2, -0.15) is 0 Å². The molecule has 0 amide bonds. The SMILES string of the molecule is C=C/C=C(\C(=C/C)CC)C1CCCN1C. The van der Waals surface area contributed by atoms with E-state index in [1.165, 1.54) is 30.5 Å². The van der Waals surface area contributed by atoms with E-state index in [0.717, 1.165) is 6.42 Å². The highest BCUT2D eigenvalue weighted by atomic mass is 15.1. The Labute approximate surface area is 94.2 Å². The van der Waals surface area contributed by atoms with Crippen molar-refractivity contribution >= 4 is 0 Å². The van der Waals surface area contributed by atoms with Gasteiger partial charge in [-0.05, 0) is 50.9 Å². The molecule has 1 heteroatoms. The predicted octanol–water partition coefficient (Wildman–Crippen LogP) is 3.55. The standard InChI is InChI=1S/C14H23N/c1-5-9-13(12(6-2)7-3)14-10-8-11-15(14)4/h5-6,9,14H,1,7-8,10-11H2,2-4H3/b12-6-,13-9+. The van der Waals surface area contributed by atoms with Crippen LogP contribution < -0.4 is 0 Å². The first kappa shape index (κ1) is 12.3. The molecule has 0 aliphatic carbocycles. The van der Waals surface area contributed by atoms with Gasteiger partial charge in [-0.3, -0.25) is 4.90 Å². The largest absolute Gasteiger partial charge is 0.299 e. The Kier molecular flexibility index (Phi) is 4.83. The average molecular weight is 205 g/mol. The average Bonchev–Trinajstić information content (AvgIpc) is 2.65. The van der Waals surface area contributed by atoms with Crippen molar-refractivity contribution in [3.05, 3.63) is 36.0 Å². The zero-order chi connectivity index (χ0) is 11.3. The van der Waals surface area contributed by atoms with Crippen molar-refractivity contribution in [1.29, 1.82) is 0 Å². The third-order valence-electron chi connectivity index (χ3n) is 3.28. The second-order valence-corrected chi connectivity index (χ2v) is 4.16. The molecule has 0 aromatic rings. The van der Waals surface area contributed by atoms with E-state index in [2.05, 4.69) is 44.5 Å². The number of nitrogens with zero attached hydrogens (tertiary/aromatic N) is 1. The monoisotopic (exact) mass is 205 g/mol. The van der Waals surface area contributed by atoms with E-state index < -0.39 is 0 Å². The zero-order valence-electron chi connectivity index (χ0n) is 10.3. The van der Waals surface area contributed by atoms with Gasteiger partial charge in [0.15, 0.2) is 0 Å². The summed E-state index contributed by atoms with van der Waals surface area (Å²) in [5.74, 6) is 0. The molecule has 84 valence electrons. The lowest BCUT2D eigenvalue weighted by Crippen LogP contribution is -2.27. The molecule has 1 nitrogen and oxygen atoms in total. The first-order valence-electron chi connectivity index (χ1n) is 5.93. The number of allylic oxidation sites excluding steroid dienone is 3. The fraction of sp³-hybridized carbons (Fsp3) is 0.571. The lowest BCUT2D eigenvalue weighted by molar-refractivity contribution is 0.346. The van der Waals surface area contributed by atoms with Gasteiger partial charge in [-0.25, -0.2) is 0 Å². The molecule has 1 aliphatic heterocycles. The van der Waals surface area contributed by atoms with Crippen LogP contribution in [0.1, 0.15) is 33.1 Å². The van der Waals surface area contributed by atoms with Crippen LogP contribution in [0.2, 0.25) is 0 Å². The predicted molar refractivity (Wildman–Crippen MR) is 68.0 cm³/mol. The molecule has 0 aromatic carbocycles. The van der Waals surface area contributed by atoms with Crippen LogP contribution in [-0.4, -0.2) is 24.5 Å². The van der Waals surface area contributed by atoms with Gasteiger partial charge in [-0.1, -0.05) is 31.7 Å². The van der Waals surface area contributed by atoms with Gasteiger partial charge in [0.2, 0.25) is 0 Å². The molecule has 1 heterocycles. The molecular formula is C14H23N. The molecular weight excluding hydrogens is 182 g/mol. The Morgan fingerprint density at radius 2 is 2.27 bits per heavy atom. The number of hydrogen-bond acceptors (Lipinski definition) is 1. The molecule has 0 aromatic heterocycles. The van der Waals surface area contributed by atoms with Gasteiger partial charge in [0.05, 0.1) is 0 Å². The second-order valence-electron chi connectivity index (χ2n) is 4.16. The number of rotatable bonds is 4. The van der Waals surface area contributed by atoms with E-state index in [1.54, 1.807) is 0 Å². The second kappa shape index (κ2) is 5.92. The van der Waals surface area contributed by atoms with Gasteiger partial charge >= 0.3 is 0 Å². The molecule has 0 radical (unpaired) electrons. The highest BCUT2D eigenvalue weighted by Crippen LogP contribution is 2.28. The number of hydrogen-bond donors (Lipinski definition) is 0. The maximum absolute atomic E-state index is 3.83. The fourth-order valence-corrected chi connectivity index (χ4v) is 2.44. The molecule has 0 bridgehead atoms. The first-order valence-corrected chi connectivity index (χ1v) is 5.93. The molecule has 1 fully saturated rings. The first-order chi connectivity index (χ1) is 7.24. The molecule has 0 spiro atoms. The van der Waals surface area contributed by atoms with Crippen molar-refractivity contribution in [3.63, 3.8) is 0 Å². The van der Waals surface area contributed by atoms with E-state index >= 15 is 0 Å². The van der Waals surface area contributed by atoms with Crippen molar-refractivity contribution in [2.75, 3.05) is 13.6 Å². The van der Waals surface area contributed by atoms with Crippen LogP contribution in [-0.2, 0) is 0 Å². The van der Waals surface area contributed by atoms with Crippen LogP contribution in [0.25, 0.3) is 0 Å². The van der Waals surface area contributed by atoms with Crippen LogP contribution in [0.3, 0.4) is 0 Å². The van der Waals surface area contributed by atoms with Crippen molar-refractivity contribution in [1.82, 2.24) is 4.90 Å². The third-order valence-corrected chi connectivity index (χ3v) is 3.28. The summed E-state index contributed by atoms with van der Waals surface area (Å²) < 4.78 is 0. The van der Waals surface area contributed by atoms with Crippen LogP contribution in [0.4, 0.5) is 0 Å². The summed E-state index contributed by atoms with van der Waals surface area (Å²) in [5.41, 5.74) is 2.93. The van der Waals surface area contributed by atoms with E-state index in [9.17, 15) is 0 Å². The topological polar surface area (TPSA) is 3.24 Å². The molecule has 15 heavy (non-hydrogen) atoms. The normalized spacial score (nSPS) is 24.6. The zero-order valence-corrected chi connectivity index (χ0v) is 10.3. The molecule has 1 rings (SSSR count). The van der Waals surface area contributed by atoms with Crippen molar-refractivity contribution in [2.24, 2.45) is 0 Å². The summed E-state index contributed by atoms with van der Waals surface area (Å²) in [6, 6.07) is 0.606. The van der Waals surface area contributed by atoms with Gasteiger partial charge in [0.1, 0.15) is 0 Å². The maximum atomic E-state index is 3.83. The fourth-order valence-electron chi connectivity index (χ4n) is 2.44. The van der Waals surface area contributed by atoms with Gasteiger partial charge < -0.3 is 0 Å². The van der Waals surface area contributed by atoms with Crippen molar-refractivity contribution in [2.45, 2.75) is 39.2 Å². The molecule has 1 saturated heterocycles. The summed E-state index contributed by atoms with van der Waals surface area (Å²) in [5, 5.41) is 0. The Balaban J connectivity index is 2.92. The van der Waals surface area contributed by atoms with Crippen LogP contribution in [0.15, 0.2) is 36.0 Å². The summed E-state index contributed by atoms with van der Waals surface area (Å²) >= 11 is 0. The Hall–Kier alpha value is -0.820. The van der Waals surface area contributed by atoms with Gasteiger partial charge in [-0.15, -0.1) is 0 Å². The van der Waals surface area contributed by atoms with Crippen molar-refractivity contribution in [3.8, 4) is 0 Å². The molecule has 0 N–H and O–H groups in total. The van der Waals surface area contributed by atoms with E-state index in [1.807, 2.05) is 6.08 Å². The van der Waals surface area contributed by atoms with Crippen LogP contribution in [0.5, 0.6) is 0 Å². The Bertz CT molecular complexity index is 273. The molecule has 1 unspecified atom stereocenters. The van der Waals surface area contributed by atoms with E-state index in [-0.39, 0.29) is 0 Å². The lowest BCUT2D eigenvalue weighted by Gasteiger charge is -2.24. The Morgan fingerprint density at radius 1 is 1.53 bits per heavy atom. The van der Waals surface area contributed by atoms with Crippen LogP contribution in [0, 0.1) is 0 Å². The Morgan fingerprint density at radius 3 is 2.67 bits per heavy atom. The van der Waals surface area contributed by atoms with E-state index in [0.29, 0.717) is 6.04 Å². The molecule has 0 saturated carbocycles. The smallest absolute Gasteiger partial charge is 0.0348 e. The summed E-state index contributed by atoms with van der Waals surface area (Å²) in [7, 11) is 2.22. The summed E-state index contributed by atoms with van der Waals surface area (Å²) in [4.78, 5) is 2.45.